The first kappa shape index (κ1) is 11.1. The van der Waals surface area contributed by atoms with Crippen molar-refractivity contribution in [3.8, 4) is 0 Å². The number of carbonyl (C=O) groups excluding carboxylic acids is 1. The molecule has 2 aromatic rings. The number of benzene rings is 1. The molecule has 1 aliphatic rings. The van der Waals surface area contributed by atoms with Gasteiger partial charge in [-0.15, -0.1) is 0 Å². The number of hydrogen-bond donors (Lipinski definition) is 0. The van der Waals surface area contributed by atoms with Crippen LogP contribution in [0.5, 0.6) is 0 Å². The highest BCUT2D eigenvalue weighted by atomic mass is 16.3. The van der Waals surface area contributed by atoms with Crippen LogP contribution in [0.2, 0.25) is 0 Å². The van der Waals surface area contributed by atoms with E-state index in [-0.39, 0.29) is 0 Å². The Morgan fingerprint density at radius 1 is 1.22 bits per heavy atom. The summed E-state index contributed by atoms with van der Waals surface area (Å²) in [7, 11) is 0. The molecule has 3 heteroatoms. The molecule has 1 heterocycles. The molecule has 0 aliphatic heterocycles. The van der Waals surface area contributed by atoms with Crippen LogP contribution in [0.15, 0.2) is 47.1 Å². The molecule has 0 N–H and O–H groups in total. The summed E-state index contributed by atoms with van der Waals surface area (Å²) in [4.78, 5) is 13.0. The van der Waals surface area contributed by atoms with Crippen molar-refractivity contribution in [3.05, 3.63) is 54.0 Å². The lowest BCUT2D eigenvalue weighted by Crippen LogP contribution is -2.24. The highest BCUT2D eigenvalue weighted by Crippen LogP contribution is 2.33. The van der Waals surface area contributed by atoms with E-state index in [2.05, 4.69) is 4.90 Å². The number of nitrogens with zero attached hydrogens (tertiary/aromatic N) is 1. The van der Waals surface area contributed by atoms with E-state index in [1.54, 1.807) is 6.26 Å². The predicted molar refractivity (Wildman–Crippen MR) is 69.7 cm³/mol. The van der Waals surface area contributed by atoms with E-state index in [0.29, 0.717) is 11.6 Å². The van der Waals surface area contributed by atoms with Crippen molar-refractivity contribution >= 4 is 12.0 Å². The fraction of sp³-hybridized carbons (Fsp3) is 0.267. The second-order valence-corrected chi connectivity index (χ2v) is 4.65. The molecule has 1 aromatic carbocycles. The average molecular weight is 241 g/mol. The van der Waals surface area contributed by atoms with Gasteiger partial charge in [-0.05, 0) is 49.2 Å². The number of furan rings is 1. The van der Waals surface area contributed by atoms with Gasteiger partial charge in [-0.3, -0.25) is 4.79 Å². The third kappa shape index (κ3) is 2.30. The summed E-state index contributed by atoms with van der Waals surface area (Å²) in [6.07, 6.45) is 5.04. The molecule has 0 spiro atoms. The van der Waals surface area contributed by atoms with E-state index < -0.39 is 0 Å². The highest BCUT2D eigenvalue weighted by Gasteiger charge is 2.29. The Morgan fingerprint density at radius 3 is 2.56 bits per heavy atom. The Balaban J connectivity index is 1.82. The van der Waals surface area contributed by atoms with Crippen molar-refractivity contribution in [2.75, 3.05) is 4.90 Å². The van der Waals surface area contributed by atoms with Crippen LogP contribution in [0.1, 0.15) is 29.0 Å². The minimum Gasteiger partial charge on any atom is -0.467 e. The Hall–Kier alpha value is -2.03. The minimum atomic E-state index is 0.609. The lowest BCUT2D eigenvalue weighted by molar-refractivity contribution is 0.112. The van der Waals surface area contributed by atoms with Crippen molar-refractivity contribution < 1.29 is 9.21 Å². The van der Waals surface area contributed by atoms with Crippen molar-refractivity contribution in [1.29, 1.82) is 0 Å². The number of anilines is 1. The molecule has 0 bridgehead atoms. The Labute approximate surface area is 106 Å². The number of rotatable bonds is 5. The molecule has 0 amide bonds. The van der Waals surface area contributed by atoms with E-state index in [0.717, 1.165) is 24.3 Å². The monoisotopic (exact) mass is 241 g/mol. The molecule has 0 radical (unpaired) electrons. The van der Waals surface area contributed by atoms with Crippen LogP contribution in [0.25, 0.3) is 0 Å². The minimum absolute atomic E-state index is 0.609. The normalized spacial score (nSPS) is 14.4. The Bertz CT molecular complexity index is 512. The fourth-order valence-corrected chi connectivity index (χ4v) is 2.13. The zero-order valence-electron chi connectivity index (χ0n) is 10.1. The summed E-state index contributed by atoms with van der Waals surface area (Å²) in [5.74, 6) is 0.973. The van der Waals surface area contributed by atoms with Gasteiger partial charge in [-0.25, -0.2) is 0 Å². The molecule has 1 fully saturated rings. The van der Waals surface area contributed by atoms with Crippen LogP contribution in [0.4, 0.5) is 5.69 Å². The van der Waals surface area contributed by atoms with Gasteiger partial charge in [0.25, 0.3) is 0 Å². The molecular weight excluding hydrogens is 226 g/mol. The fourth-order valence-electron chi connectivity index (χ4n) is 2.13. The molecule has 3 nitrogen and oxygen atoms in total. The zero-order valence-corrected chi connectivity index (χ0v) is 10.1. The van der Waals surface area contributed by atoms with Gasteiger partial charge >= 0.3 is 0 Å². The van der Waals surface area contributed by atoms with E-state index in [1.807, 2.05) is 36.4 Å². The number of aldehydes is 1. The quantitative estimate of drug-likeness (QED) is 0.753. The first-order valence-corrected chi connectivity index (χ1v) is 6.21. The van der Waals surface area contributed by atoms with E-state index in [1.165, 1.54) is 12.8 Å². The first-order chi connectivity index (χ1) is 8.86. The molecule has 0 unspecified atom stereocenters. The van der Waals surface area contributed by atoms with Gasteiger partial charge in [0.1, 0.15) is 12.0 Å². The third-order valence-corrected chi connectivity index (χ3v) is 3.25. The average Bonchev–Trinajstić information content (AvgIpc) is 3.13. The summed E-state index contributed by atoms with van der Waals surface area (Å²) in [6.45, 7) is 0.790. The Morgan fingerprint density at radius 2 is 2.00 bits per heavy atom. The van der Waals surface area contributed by atoms with Crippen LogP contribution >= 0.6 is 0 Å². The van der Waals surface area contributed by atoms with Crippen molar-refractivity contribution in [2.45, 2.75) is 25.4 Å². The lowest BCUT2D eigenvalue weighted by atomic mass is 10.2. The van der Waals surface area contributed by atoms with E-state index in [9.17, 15) is 4.79 Å². The molecular formula is C15H15NO2. The van der Waals surface area contributed by atoms with Crippen LogP contribution in [-0.2, 0) is 6.54 Å². The molecule has 0 saturated heterocycles. The van der Waals surface area contributed by atoms with E-state index in [4.69, 9.17) is 4.42 Å². The largest absolute Gasteiger partial charge is 0.467 e. The van der Waals surface area contributed by atoms with Gasteiger partial charge in [0.05, 0.1) is 12.8 Å². The van der Waals surface area contributed by atoms with Crippen molar-refractivity contribution in [2.24, 2.45) is 0 Å². The van der Waals surface area contributed by atoms with Crippen molar-refractivity contribution in [3.63, 3.8) is 0 Å². The van der Waals surface area contributed by atoms with Crippen LogP contribution in [0, 0.1) is 0 Å². The molecule has 1 aliphatic carbocycles. The van der Waals surface area contributed by atoms with Crippen LogP contribution in [0.3, 0.4) is 0 Å². The Kier molecular flexibility index (Phi) is 2.89. The summed E-state index contributed by atoms with van der Waals surface area (Å²) >= 11 is 0. The number of carbonyl (C=O) groups is 1. The van der Waals surface area contributed by atoms with Crippen LogP contribution in [-0.4, -0.2) is 12.3 Å². The number of hydrogen-bond acceptors (Lipinski definition) is 3. The van der Waals surface area contributed by atoms with Crippen molar-refractivity contribution in [1.82, 2.24) is 0 Å². The first-order valence-electron chi connectivity index (χ1n) is 6.21. The van der Waals surface area contributed by atoms with Crippen LogP contribution < -0.4 is 4.90 Å². The lowest BCUT2D eigenvalue weighted by Gasteiger charge is -2.23. The third-order valence-electron chi connectivity index (χ3n) is 3.25. The summed E-state index contributed by atoms with van der Waals surface area (Å²) in [5.41, 5.74) is 1.87. The molecule has 1 aromatic heterocycles. The molecule has 0 atom stereocenters. The topological polar surface area (TPSA) is 33.5 Å². The molecule has 92 valence electrons. The maximum Gasteiger partial charge on any atom is 0.150 e. The zero-order chi connectivity index (χ0) is 12.4. The van der Waals surface area contributed by atoms with Gasteiger partial charge < -0.3 is 9.32 Å². The predicted octanol–water partition coefficient (Wildman–Crippen LogP) is 3.26. The smallest absolute Gasteiger partial charge is 0.150 e. The second-order valence-electron chi connectivity index (χ2n) is 4.65. The maximum atomic E-state index is 10.7. The molecule has 3 rings (SSSR count). The maximum absolute atomic E-state index is 10.7. The highest BCUT2D eigenvalue weighted by molar-refractivity contribution is 5.75. The summed E-state index contributed by atoms with van der Waals surface area (Å²) in [5, 5.41) is 0. The standard InChI is InChI=1S/C15H15NO2/c17-11-12-3-5-13(6-4-12)16(14-7-8-14)10-15-2-1-9-18-15/h1-6,9,11,14H,7-8,10H2. The molecule has 18 heavy (non-hydrogen) atoms. The van der Waals surface area contributed by atoms with Gasteiger partial charge in [0.2, 0.25) is 0 Å². The summed E-state index contributed by atoms with van der Waals surface area (Å²) < 4.78 is 5.41. The SMILES string of the molecule is O=Cc1ccc(N(Cc2ccco2)C2CC2)cc1. The molecule has 1 saturated carbocycles. The van der Waals surface area contributed by atoms with Gasteiger partial charge in [-0.2, -0.15) is 0 Å². The van der Waals surface area contributed by atoms with Gasteiger partial charge in [0.15, 0.2) is 0 Å². The van der Waals surface area contributed by atoms with E-state index >= 15 is 0 Å². The summed E-state index contributed by atoms with van der Waals surface area (Å²) in [6, 6.07) is 12.2. The second kappa shape index (κ2) is 4.69. The van der Waals surface area contributed by atoms with Gasteiger partial charge in [-0.1, -0.05) is 0 Å². The van der Waals surface area contributed by atoms with Gasteiger partial charge in [0, 0.05) is 17.3 Å².